The summed E-state index contributed by atoms with van der Waals surface area (Å²) < 4.78 is 0. The number of carbonyl (C=O) groups is 1. The highest BCUT2D eigenvalue weighted by Crippen LogP contribution is 2.14. The Morgan fingerprint density at radius 2 is 2.28 bits per heavy atom. The molecule has 0 saturated heterocycles. The van der Waals surface area contributed by atoms with Crippen LogP contribution in [0.3, 0.4) is 0 Å². The first kappa shape index (κ1) is 13.0. The molecule has 1 aromatic heterocycles. The fourth-order valence-corrected chi connectivity index (χ4v) is 2.12. The van der Waals surface area contributed by atoms with Crippen LogP contribution >= 0.6 is 0 Å². The van der Waals surface area contributed by atoms with Crippen LogP contribution in [-0.4, -0.2) is 39.4 Å². The van der Waals surface area contributed by atoms with Crippen LogP contribution in [-0.2, 0) is 17.8 Å². The van der Waals surface area contributed by atoms with Crippen LogP contribution in [0.1, 0.15) is 32.0 Å². The van der Waals surface area contributed by atoms with E-state index >= 15 is 0 Å². The molecule has 5 heteroatoms. The topological polar surface area (TPSA) is 58.1 Å². The lowest BCUT2D eigenvalue weighted by Gasteiger charge is -2.28. The van der Waals surface area contributed by atoms with Gasteiger partial charge in [0.2, 0.25) is 5.91 Å². The van der Waals surface area contributed by atoms with Crippen LogP contribution in [0, 0.1) is 0 Å². The number of carbonyl (C=O) groups excluding carboxylic acids is 1. The van der Waals surface area contributed by atoms with Gasteiger partial charge in [-0.1, -0.05) is 0 Å². The van der Waals surface area contributed by atoms with Gasteiger partial charge in [-0.05, 0) is 20.8 Å². The molecule has 1 amide bonds. The second kappa shape index (κ2) is 5.02. The maximum Gasteiger partial charge on any atom is 0.234 e. The molecule has 0 atom stereocenters. The molecule has 1 aliphatic heterocycles. The van der Waals surface area contributed by atoms with E-state index < -0.39 is 0 Å². The van der Waals surface area contributed by atoms with Gasteiger partial charge in [0.25, 0.3) is 0 Å². The number of aromatic nitrogens is 2. The molecule has 98 valence electrons. The third-order valence-electron chi connectivity index (χ3n) is 2.82. The van der Waals surface area contributed by atoms with Gasteiger partial charge in [0.15, 0.2) is 0 Å². The quantitative estimate of drug-likeness (QED) is 0.839. The Labute approximate surface area is 108 Å². The zero-order chi connectivity index (χ0) is 13.2. The Kier molecular flexibility index (Phi) is 3.61. The summed E-state index contributed by atoms with van der Waals surface area (Å²) >= 11 is 0. The van der Waals surface area contributed by atoms with E-state index in [1.165, 1.54) is 0 Å². The molecule has 1 aromatic rings. The summed E-state index contributed by atoms with van der Waals surface area (Å²) in [6.07, 6.45) is 4.32. The van der Waals surface area contributed by atoms with Gasteiger partial charge < -0.3 is 5.32 Å². The number of rotatable bonds is 2. The van der Waals surface area contributed by atoms with E-state index in [1.54, 1.807) is 6.33 Å². The minimum atomic E-state index is -0.173. The summed E-state index contributed by atoms with van der Waals surface area (Å²) in [7, 11) is 0. The fourth-order valence-electron chi connectivity index (χ4n) is 2.12. The molecule has 0 unspecified atom stereocenters. The third-order valence-corrected chi connectivity index (χ3v) is 2.82. The van der Waals surface area contributed by atoms with Crippen molar-refractivity contribution in [2.24, 2.45) is 0 Å². The van der Waals surface area contributed by atoms with Crippen LogP contribution in [0.25, 0.3) is 0 Å². The molecule has 0 saturated carbocycles. The monoisotopic (exact) mass is 248 g/mol. The third kappa shape index (κ3) is 3.50. The summed E-state index contributed by atoms with van der Waals surface area (Å²) in [5, 5.41) is 2.98. The average molecular weight is 248 g/mol. The van der Waals surface area contributed by atoms with Crippen molar-refractivity contribution in [2.75, 3.05) is 13.1 Å². The molecule has 2 heterocycles. The predicted molar refractivity (Wildman–Crippen MR) is 68.9 cm³/mol. The Balaban J connectivity index is 1.92. The lowest BCUT2D eigenvalue weighted by atomic mass is 10.1. The lowest BCUT2D eigenvalue weighted by molar-refractivity contribution is -0.123. The Hall–Kier alpha value is -1.49. The van der Waals surface area contributed by atoms with Crippen LogP contribution in [0.5, 0.6) is 0 Å². The van der Waals surface area contributed by atoms with Crippen molar-refractivity contribution in [3.8, 4) is 0 Å². The minimum Gasteiger partial charge on any atom is -0.350 e. The van der Waals surface area contributed by atoms with Crippen molar-refractivity contribution >= 4 is 5.91 Å². The van der Waals surface area contributed by atoms with Crippen molar-refractivity contribution in [1.29, 1.82) is 0 Å². The summed E-state index contributed by atoms with van der Waals surface area (Å²) in [4.78, 5) is 22.3. The molecule has 1 N–H and O–H groups in total. The van der Waals surface area contributed by atoms with Crippen molar-refractivity contribution in [2.45, 2.75) is 39.3 Å². The minimum absolute atomic E-state index is 0.0720. The number of hydrogen-bond acceptors (Lipinski definition) is 4. The molecule has 1 aliphatic rings. The van der Waals surface area contributed by atoms with Crippen molar-refractivity contribution in [3.05, 3.63) is 23.8 Å². The Morgan fingerprint density at radius 3 is 3.00 bits per heavy atom. The van der Waals surface area contributed by atoms with Crippen LogP contribution in [0.4, 0.5) is 0 Å². The standard InChI is InChI=1S/C13H20N4O/c1-13(2,3)16-12(18)8-17-5-4-11-10(7-17)6-14-9-15-11/h6,9H,4-5,7-8H2,1-3H3,(H,16,18). The summed E-state index contributed by atoms with van der Waals surface area (Å²) in [5.74, 6) is 0.0720. The van der Waals surface area contributed by atoms with E-state index in [1.807, 2.05) is 27.0 Å². The highest BCUT2D eigenvalue weighted by molar-refractivity contribution is 5.78. The molecule has 0 aliphatic carbocycles. The molecule has 0 aromatic carbocycles. The maximum absolute atomic E-state index is 11.9. The van der Waals surface area contributed by atoms with E-state index in [4.69, 9.17) is 0 Å². The Bertz CT molecular complexity index is 439. The summed E-state index contributed by atoms with van der Waals surface area (Å²) in [6.45, 7) is 8.04. The van der Waals surface area contributed by atoms with Gasteiger partial charge in [-0.15, -0.1) is 0 Å². The number of fused-ring (bicyclic) bond motifs is 1. The SMILES string of the molecule is CC(C)(C)NC(=O)CN1CCc2ncncc2C1. The molecule has 18 heavy (non-hydrogen) atoms. The van der Waals surface area contributed by atoms with E-state index in [0.29, 0.717) is 6.54 Å². The Morgan fingerprint density at radius 1 is 1.50 bits per heavy atom. The van der Waals surface area contributed by atoms with Gasteiger partial charge in [-0.2, -0.15) is 0 Å². The van der Waals surface area contributed by atoms with Crippen LogP contribution in [0.2, 0.25) is 0 Å². The van der Waals surface area contributed by atoms with E-state index in [0.717, 1.165) is 30.8 Å². The highest BCUT2D eigenvalue weighted by Gasteiger charge is 2.21. The molecule has 0 bridgehead atoms. The summed E-state index contributed by atoms with van der Waals surface area (Å²) in [6, 6.07) is 0. The van der Waals surface area contributed by atoms with Gasteiger partial charge in [0, 0.05) is 42.5 Å². The second-order valence-electron chi connectivity index (χ2n) is 5.75. The number of nitrogens with zero attached hydrogens (tertiary/aromatic N) is 3. The largest absolute Gasteiger partial charge is 0.350 e. The average Bonchev–Trinajstić information content (AvgIpc) is 2.26. The zero-order valence-corrected chi connectivity index (χ0v) is 11.2. The highest BCUT2D eigenvalue weighted by atomic mass is 16.2. The van der Waals surface area contributed by atoms with Crippen molar-refractivity contribution in [3.63, 3.8) is 0 Å². The van der Waals surface area contributed by atoms with Gasteiger partial charge in [-0.25, -0.2) is 9.97 Å². The number of hydrogen-bond donors (Lipinski definition) is 1. The fraction of sp³-hybridized carbons (Fsp3) is 0.615. The first-order valence-electron chi connectivity index (χ1n) is 6.25. The van der Waals surface area contributed by atoms with E-state index in [2.05, 4.69) is 20.2 Å². The first-order chi connectivity index (χ1) is 8.44. The van der Waals surface area contributed by atoms with Gasteiger partial charge in [0.1, 0.15) is 6.33 Å². The second-order valence-corrected chi connectivity index (χ2v) is 5.75. The van der Waals surface area contributed by atoms with Gasteiger partial charge >= 0.3 is 0 Å². The van der Waals surface area contributed by atoms with Gasteiger partial charge in [0.05, 0.1) is 6.54 Å². The van der Waals surface area contributed by atoms with E-state index in [-0.39, 0.29) is 11.4 Å². The molecule has 0 fully saturated rings. The number of nitrogens with one attached hydrogen (secondary N) is 1. The molecule has 0 spiro atoms. The molecule has 2 rings (SSSR count). The normalized spacial score (nSPS) is 16.2. The maximum atomic E-state index is 11.9. The van der Waals surface area contributed by atoms with Crippen LogP contribution in [0.15, 0.2) is 12.5 Å². The molecular formula is C13H20N4O. The molecule has 0 radical (unpaired) electrons. The first-order valence-corrected chi connectivity index (χ1v) is 6.25. The smallest absolute Gasteiger partial charge is 0.234 e. The van der Waals surface area contributed by atoms with Crippen molar-refractivity contribution in [1.82, 2.24) is 20.2 Å². The lowest BCUT2D eigenvalue weighted by Crippen LogP contribution is -2.46. The number of amides is 1. The summed E-state index contributed by atoms with van der Waals surface area (Å²) in [5.41, 5.74) is 2.07. The predicted octanol–water partition coefficient (Wildman–Crippen LogP) is 0.749. The van der Waals surface area contributed by atoms with E-state index in [9.17, 15) is 4.79 Å². The van der Waals surface area contributed by atoms with Crippen LogP contribution < -0.4 is 5.32 Å². The molecular weight excluding hydrogens is 228 g/mol. The van der Waals surface area contributed by atoms with Gasteiger partial charge in [-0.3, -0.25) is 9.69 Å². The van der Waals surface area contributed by atoms with Crippen molar-refractivity contribution < 1.29 is 4.79 Å². The zero-order valence-electron chi connectivity index (χ0n) is 11.2. The molecule has 5 nitrogen and oxygen atoms in total.